The Bertz CT molecular complexity index is 1120. The first kappa shape index (κ1) is 19.4. The SMILES string of the molecule is Cc1ccc(-c2nc(CN3C(=O)N[C@@](C)(c4cccc(Br)c4)C3=O)co2)c(C)c1. The maximum Gasteiger partial charge on any atom is 0.325 e. The second-order valence-corrected chi connectivity index (χ2v) is 8.33. The predicted octanol–water partition coefficient (Wildman–Crippen LogP) is 4.69. The van der Waals surface area contributed by atoms with Gasteiger partial charge in [-0.15, -0.1) is 0 Å². The Morgan fingerprint density at radius 3 is 2.69 bits per heavy atom. The van der Waals surface area contributed by atoms with E-state index in [1.807, 2.05) is 50.2 Å². The van der Waals surface area contributed by atoms with Crippen molar-refractivity contribution in [2.75, 3.05) is 0 Å². The van der Waals surface area contributed by atoms with Gasteiger partial charge in [0.2, 0.25) is 5.89 Å². The highest BCUT2D eigenvalue weighted by Gasteiger charge is 2.49. The highest BCUT2D eigenvalue weighted by Crippen LogP contribution is 2.31. The topological polar surface area (TPSA) is 75.4 Å². The number of oxazole rings is 1. The van der Waals surface area contributed by atoms with E-state index in [1.165, 1.54) is 11.2 Å². The molecule has 7 heteroatoms. The molecule has 29 heavy (non-hydrogen) atoms. The normalized spacial score (nSPS) is 19.0. The van der Waals surface area contributed by atoms with Gasteiger partial charge in [0.15, 0.2) is 0 Å². The third-order valence-electron chi connectivity index (χ3n) is 5.16. The van der Waals surface area contributed by atoms with Crippen LogP contribution in [0.4, 0.5) is 4.79 Å². The van der Waals surface area contributed by atoms with Crippen molar-refractivity contribution in [2.45, 2.75) is 32.9 Å². The van der Waals surface area contributed by atoms with E-state index >= 15 is 0 Å². The zero-order valence-corrected chi connectivity index (χ0v) is 17.9. The Balaban J connectivity index is 1.58. The van der Waals surface area contributed by atoms with Crippen LogP contribution in [0.5, 0.6) is 0 Å². The number of nitrogens with zero attached hydrogens (tertiary/aromatic N) is 2. The molecule has 4 rings (SSSR count). The van der Waals surface area contributed by atoms with E-state index in [9.17, 15) is 9.59 Å². The third-order valence-corrected chi connectivity index (χ3v) is 5.65. The molecule has 148 valence electrons. The molecule has 0 unspecified atom stereocenters. The second kappa shape index (κ2) is 7.15. The van der Waals surface area contributed by atoms with Gasteiger partial charge in [-0.1, -0.05) is 45.8 Å². The lowest BCUT2D eigenvalue weighted by atomic mass is 9.92. The molecule has 0 spiro atoms. The smallest absolute Gasteiger partial charge is 0.325 e. The fraction of sp³-hybridized carbons (Fsp3) is 0.227. The number of hydrogen-bond acceptors (Lipinski definition) is 4. The molecule has 3 aromatic rings. The van der Waals surface area contributed by atoms with Gasteiger partial charge in [0.1, 0.15) is 11.8 Å². The van der Waals surface area contributed by atoms with Crippen molar-refractivity contribution in [3.05, 3.63) is 75.6 Å². The van der Waals surface area contributed by atoms with Crippen molar-refractivity contribution >= 4 is 27.9 Å². The van der Waals surface area contributed by atoms with Crippen LogP contribution in [0.2, 0.25) is 0 Å². The standard InChI is InChI=1S/C22H20BrN3O3/c1-13-7-8-18(14(2)9-13)19-24-17(12-29-19)11-26-20(27)22(3,25-21(26)28)15-5-4-6-16(23)10-15/h4-10,12H,11H2,1-3H3,(H,25,28)/t22-/m0/s1. The minimum absolute atomic E-state index is 0.0443. The van der Waals surface area contributed by atoms with Crippen molar-refractivity contribution in [1.82, 2.24) is 15.2 Å². The van der Waals surface area contributed by atoms with E-state index in [2.05, 4.69) is 32.3 Å². The highest BCUT2D eigenvalue weighted by atomic mass is 79.9. The van der Waals surface area contributed by atoms with E-state index in [1.54, 1.807) is 6.92 Å². The fourth-order valence-corrected chi connectivity index (χ4v) is 3.95. The van der Waals surface area contributed by atoms with Crippen molar-refractivity contribution in [3.63, 3.8) is 0 Å². The van der Waals surface area contributed by atoms with Gasteiger partial charge >= 0.3 is 6.03 Å². The zero-order chi connectivity index (χ0) is 20.8. The van der Waals surface area contributed by atoms with Crippen LogP contribution in [0.3, 0.4) is 0 Å². The van der Waals surface area contributed by atoms with Gasteiger partial charge in [0.25, 0.3) is 5.91 Å². The Morgan fingerprint density at radius 2 is 1.97 bits per heavy atom. The van der Waals surface area contributed by atoms with Crippen LogP contribution in [-0.2, 0) is 16.9 Å². The highest BCUT2D eigenvalue weighted by molar-refractivity contribution is 9.10. The summed E-state index contributed by atoms with van der Waals surface area (Å²) in [7, 11) is 0. The molecule has 0 saturated carbocycles. The summed E-state index contributed by atoms with van der Waals surface area (Å²) in [6.45, 7) is 5.77. The van der Waals surface area contributed by atoms with Crippen LogP contribution in [0, 0.1) is 13.8 Å². The van der Waals surface area contributed by atoms with Crippen LogP contribution < -0.4 is 5.32 Å². The summed E-state index contributed by atoms with van der Waals surface area (Å²) in [6.07, 6.45) is 1.49. The summed E-state index contributed by atoms with van der Waals surface area (Å²) in [5, 5.41) is 2.81. The molecule has 1 aromatic heterocycles. The first-order valence-corrected chi connectivity index (χ1v) is 9.99. The van der Waals surface area contributed by atoms with Crippen molar-refractivity contribution < 1.29 is 14.0 Å². The minimum Gasteiger partial charge on any atom is -0.444 e. The van der Waals surface area contributed by atoms with Crippen LogP contribution in [0.1, 0.15) is 29.3 Å². The van der Waals surface area contributed by atoms with Crippen LogP contribution in [0.15, 0.2) is 57.6 Å². The summed E-state index contributed by atoms with van der Waals surface area (Å²) in [5.74, 6) is 0.149. The molecule has 1 N–H and O–H groups in total. The monoisotopic (exact) mass is 453 g/mol. The lowest BCUT2D eigenvalue weighted by Gasteiger charge is -2.22. The molecule has 1 saturated heterocycles. The van der Waals surface area contributed by atoms with Crippen molar-refractivity contribution in [2.24, 2.45) is 0 Å². The molecule has 0 aliphatic carbocycles. The number of hydrogen-bond donors (Lipinski definition) is 1. The molecule has 1 fully saturated rings. The number of urea groups is 1. The first-order valence-electron chi connectivity index (χ1n) is 9.20. The van der Waals surface area contributed by atoms with Gasteiger partial charge in [-0.05, 0) is 50.1 Å². The van der Waals surface area contributed by atoms with Crippen LogP contribution in [-0.4, -0.2) is 21.8 Å². The molecule has 3 amide bonds. The number of benzene rings is 2. The van der Waals surface area contributed by atoms with Crippen molar-refractivity contribution in [3.8, 4) is 11.5 Å². The third kappa shape index (κ3) is 3.46. The lowest BCUT2D eigenvalue weighted by molar-refractivity contribution is -0.131. The Morgan fingerprint density at radius 1 is 1.17 bits per heavy atom. The summed E-state index contributed by atoms with van der Waals surface area (Å²) >= 11 is 3.41. The lowest BCUT2D eigenvalue weighted by Crippen LogP contribution is -2.40. The molecule has 0 bridgehead atoms. The van der Waals surface area contributed by atoms with Crippen LogP contribution >= 0.6 is 15.9 Å². The van der Waals surface area contributed by atoms with Crippen LogP contribution in [0.25, 0.3) is 11.5 Å². The van der Waals surface area contributed by atoms with Gasteiger partial charge in [-0.25, -0.2) is 9.78 Å². The zero-order valence-electron chi connectivity index (χ0n) is 16.3. The maximum atomic E-state index is 13.1. The Labute approximate surface area is 177 Å². The molecule has 2 heterocycles. The van der Waals surface area contributed by atoms with Gasteiger partial charge in [0, 0.05) is 10.0 Å². The number of carbonyl (C=O) groups is 2. The average Bonchev–Trinajstić information content (AvgIpc) is 3.21. The number of aromatic nitrogens is 1. The van der Waals surface area contributed by atoms with Gasteiger partial charge in [-0.2, -0.15) is 0 Å². The van der Waals surface area contributed by atoms with E-state index in [-0.39, 0.29) is 12.5 Å². The largest absolute Gasteiger partial charge is 0.444 e. The maximum absolute atomic E-state index is 13.1. The summed E-state index contributed by atoms with van der Waals surface area (Å²) < 4.78 is 6.46. The first-order chi connectivity index (χ1) is 13.8. The fourth-order valence-electron chi connectivity index (χ4n) is 3.55. The Hall–Kier alpha value is -2.93. The molecule has 6 nitrogen and oxygen atoms in total. The van der Waals surface area contributed by atoms with Gasteiger partial charge in [0.05, 0.1) is 12.2 Å². The second-order valence-electron chi connectivity index (χ2n) is 7.42. The summed E-state index contributed by atoms with van der Waals surface area (Å²) in [6, 6.07) is 12.9. The van der Waals surface area contributed by atoms with Gasteiger partial charge in [-0.3, -0.25) is 9.69 Å². The summed E-state index contributed by atoms with van der Waals surface area (Å²) in [4.78, 5) is 31.3. The average molecular weight is 454 g/mol. The van der Waals surface area contributed by atoms with E-state index in [0.29, 0.717) is 17.1 Å². The number of aryl methyl sites for hydroxylation is 2. The number of amides is 3. The molecular formula is C22H20BrN3O3. The number of imide groups is 1. The van der Waals surface area contributed by atoms with Crippen molar-refractivity contribution in [1.29, 1.82) is 0 Å². The minimum atomic E-state index is -1.12. The molecular weight excluding hydrogens is 434 g/mol. The Kier molecular flexibility index (Phi) is 4.78. The van der Waals surface area contributed by atoms with E-state index in [4.69, 9.17) is 4.42 Å². The number of nitrogens with one attached hydrogen (secondary N) is 1. The molecule has 1 aliphatic heterocycles. The molecule has 0 radical (unpaired) electrons. The number of halogens is 1. The molecule has 1 atom stereocenters. The van der Waals surface area contributed by atoms with E-state index < -0.39 is 11.6 Å². The van der Waals surface area contributed by atoms with Gasteiger partial charge < -0.3 is 9.73 Å². The quantitative estimate of drug-likeness (QED) is 0.581. The van der Waals surface area contributed by atoms with E-state index in [0.717, 1.165) is 21.2 Å². The summed E-state index contributed by atoms with van der Waals surface area (Å²) in [5.41, 5.74) is 3.20. The number of rotatable bonds is 4. The molecule has 1 aliphatic rings. The molecule has 2 aromatic carbocycles. The number of carbonyl (C=O) groups excluding carboxylic acids is 2. The predicted molar refractivity (Wildman–Crippen MR) is 112 cm³/mol.